The number of hydrogen-bond acceptors (Lipinski definition) is 4. The predicted molar refractivity (Wildman–Crippen MR) is 117 cm³/mol. The van der Waals surface area contributed by atoms with Gasteiger partial charge in [0.2, 0.25) is 5.91 Å². The second-order valence-electron chi connectivity index (χ2n) is 6.19. The van der Waals surface area contributed by atoms with Crippen molar-refractivity contribution < 1.29 is 4.79 Å². The van der Waals surface area contributed by atoms with Gasteiger partial charge >= 0.3 is 0 Å². The highest BCUT2D eigenvalue weighted by Gasteiger charge is 2.15. The summed E-state index contributed by atoms with van der Waals surface area (Å²) in [6, 6.07) is 24.6. The second-order valence-corrected chi connectivity index (χ2v) is 7.57. The highest BCUT2D eigenvalue weighted by atomic mass is 35.5. The number of amides is 1. The third-order valence-corrected chi connectivity index (χ3v) is 5.43. The summed E-state index contributed by atoms with van der Waals surface area (Å²) in [4.78, 5) is 17.2. The van der Waals surface area contributed by atoms with E-state index in [4.69, 9.17) is 11.6 Å². The molecule has 0 bridgehead atoms. The first-order valence-corrected chi connectivity index (χ1v) is 10.2. The van der Waals surface area contributed by atoms with Gasteiger partial charge in [-0.2, -0.15) is 5.26 Å². The molecule has 5 nitrogen and oxygen atoms in total. The van der Waals surface area contributed by atoms with Crippen LogP contribution < -0.4 is 5.32 Å². The minimum atomic E-state index is -0.236. The van der Waals surface area contributed by atoms with Crippen LogP contribution in [0.5, 0.6) is 0 Å². The van der Waals surface area contributed by atoms with E-state index < -0.39 is 0 Å². The molecule has 29 heavy (non-hydrogen) atoms. The molecular weight excluding hydrogens is 404 g/mol. The molecule has 0 saturated heterocycles. The maximum atomic E-state index is 12.5. The maximum absolute atomic E-state index is 12.5. The van der Waals surface area contributed by atoms with Crippen LogP contribution in [0.3, 0.4) is 0 Å². The molecule has 3 aromatic carbocycles. The first-order valence-electron chi connectivity index (χ1n) is 8.81. The Kier molecular flexibility index (Phi) is 5.52. The van der Waals surface area contributed by atoms with Crippen LogP contribution in [0.15, 0.2) is 78.0 Å². The highest BCUT2D eigenvalue weighted by Crippen LogP contribution is 2.28. The lowest BCUT2D eigenvalue weighted by Gasteiger charge is -2.10. The fraction of sp³-hybridized carbons (Fsp3) is 0.0455. The molecule has 4 aromatic rings. The number of fused-ring (bicyclic) bond motifs is 1. The number of anilines is 1. The van der Waals surface area contributed by atoms with E-state index in [0.29, 0.717) is 16.3 Å². The molecule has 142 valence electrons. The summed E-state index contributed by atoms with van der Waals surface area (Å²) >= 11 is 7.32. The van der Waals surface area contributed by atoms with Gasteiger partial charge in [-0.15, -0.1) is 0 Å². The number of nitriles is 1. The van der Waals surface area contributed by atoms with Gasteiger partial charge in [0, 0.05) is 10.7 Å². The number of carbonyl (C=O) groups excluding carboxylic acids is 1. The first kappa shape index (κ1) is 19.1. The van der Waals surface area contributed by atoms with E-state index in [1.165, 1.54) is 11.8 Å². The quantitative estimate of drug-likeness (QED) is 0.447. The van der Waals surface area contributed by atoms with Crippen LogP contribution in [0.4, 0.5) is 5.69 Å². The van der Waals surface area contributed by atoms with E-state index in [0.717, 1.165) is 21.9 Å². The van der Waals surface area contributed by atoms with Crippen LogP contribution in [-0.4, -0.2) is 21.2 Å². The zero-order chi connectivity index (χ0) is 20.2. The first-order chi connectivity index (χ1) is 14.2. The average Bonchev–Trinajstić information content (AvgIpc) is 3.11. The minimum Gasteiger partial charge on any atom is -0.324 e. The van der Waals surface area contributed by atoms with E-state index in [2.05, 4.69) is 16.4 Å². The topological polar surface area (TPSA) is 70.7 Å². The number of aromatic nitrogens is 2. The number of thioether (sulfide) groups is 1. The zero-order valence-electron chi connectivity index (χ0n) is 15.2. The molecule has 0 atom stereocenters. The van der Waals surface area contributed by atoms with Crippen molar-refractivity contribution in [3.8, 4) is 11.8 Å². The van der Waals surface area contributed by atoms with Crippen molar-refractivity contribution in [2.45, 2.75) is 5.16 Å². The van der Waals surface area contributed by atoms with Gasteiger partial charge in [-0.1, -0.05) is 53.7 Å². The molecule has 1 heterocycles. The van der Waals surface area contributed by atoms with Crippen LogP contribution in [0.25, 0.3) is 16.7 Å². The molecule has 1 aromatic heterocycles. The maximum Gasteiger partial charge on any atom is 0.234 e. The monoisotopic (exact) mass is 418 g/mol. The van der Waals surface area contributed by atoms with E-state index in [-0.39, 0.29) is 11.7 Å². The molecule has 0 unspecified atom stereocenters. The SMILES string of the molecule is N#Cc1ccc(Cl)cc1NC(=O)CSc1nc2ccccc2n1-c1ccccc1. The molecule has 0 radical (unpaired) electrons. The van der Waals surface area contributed by atoms with Gasteiger partial charge < -0.3 is 5.32 Å². The van der Waals surface area contributed by atoms with Crippen LogP contribution in [-0.2, 0) is 4.79 Å². The Hall–Kier alpha value is -3.27. The minimum absolute atomic E-state index is 0.146. The van der Waals surface area contributed by atoms with Crippen molar-refractivity contribution in [1.82, 2.24) is 9.55 Å². The van der Waals surface area contributed by atoms with E-state index in [1.54, 1.807) is 18.2 Å². The van der Waals surface area contributed by atoms with Crippen LogP contribution in [0, 0.1) is 11.3 Å². The van der Waals surface area contributed by atoms with Gasteiger partial charge in [-0.25, -0.2) is 4.98 Å². The van der Waals surface area contributed by atoms with Crippen molar-refractivity contribution >= 4 is 46.0 Å². The van der Waals surface area contributed by atoms with Crippen molar-refractivity contribution in [1.29, 1.82) is 5.26 Å². The molecule has 0 aliphatic carbocycles. The normalized spacial score (nSPS) is 10.6. The summed E-state index contributed by atoms with van der Waals surface area (Å²) in [5.74, 6) is -0.0893. The Balaban J connectivity index is 1.58. The lowest BCUT2D eigenvalue weighted by molar-refractivity contribution is -0.113. The molecule has 0 saturated carbocycles. The third kappa shape index (κ3) is 4.11. The fourth-order valence-electron chi connectivity index (χ4n) is 2.96. The van der Waals surface area contributed by atoms with Crippen LogP contribution in [0.2, 0.25) is 5.02 Å². The molecule has 0 aliphatic heterocycles. The lowest BCUT2D eigenvalue weighted by Crippen LogP contribution is -2.15. The number of imidazole rings is 1. The average molecular weight is 419 g/mol. The largest absolute Gasteiger partial charge is 0.324 e. The number of para-hydroxylation sites is 3. The molecule has 1 amide bonds. The Morgan fingerprint density at radius 1 is 1.10 bits per heavy atom. The Bertz CT molecular complexity index is 1230. The van der Waals surface area contributed by atoms with Gasteiger partial charge in [0.25, 0.3) is 0 Å². The predicted octanol–water partition coefficient (Wildman–Crippen LogP) is 5.28. The number of hydrogen-bond donors (Lipinski definition) is 1. The number of nitrogens with zero attached hydrogens (tertiary/aromatic N) is 3. The van der Waals surface area contributed by atoms with Crippen molar-refractivity contribution in [3.05, 3.63) is 83.4 Å². The van der Waals surface area contributed by atoms with Crippen LogP contribution >= 0.6 is 23.4 Å². The number of benzene rings is 3. The second kappa shape index (κ2) is 8.39. The molecule has 0 fully saturated rings. The van der Waals surface area contributed by atoms with E-state index in [9.17, 15) is 10.1 Å². The Labute approximate surface area is 176 Å². The third-order valence-electron chi connectivity index (χ3n) is 4.25. The summed E-state index contributed by atoms with van der Waals surface area (Å²) in [6.07, 6.45) is 0. The summed E-state index contributed by atoms with van der Waals surface area (Å²) in [6.45, 7) is 0. The molecule has 1 N–H and O–H groups in total. The Morgan fingerprint density at radius 2 is 1.86 bits per heavy atom. The van der Waals surface area contributed by atoms with Gasteiger partial charge in [0.15, 0.2) is 5.16 Å². The van der Waals surface area contributed by atoms with Gasteiger partial charge in [-0.05, 0) is 42.5 Å². The van der Waals surface area contributed by atoms with Crippen molar-refractivity contribution in [2.75, 3.05) is 11.1 Å². The molecule has 4 rings (SSSR count). The smallest absolute Gasteiger partial charge is 0.234 e. The highest BCUT2D eigenvalue weighted by molar-refractivity contribution is 7.99. The van der Waals surface area contributed by atoms with Gasteiger partial charge in [0.05, 0.1) is 28.0 Å². The molecule has 7 heteroatoms. The molecular formula is C22H15ClN4OS. The Morgan fingerprint density at radius 3 is 2.66 bits per heavy atom. The number of nitrogens with one attached hydrogen (secondary N) is 1. The molecule has 0 spiro atoms. The number of rotatable bonds is 5. The fourth-order valence-corrected chi connectivity index (χ4v) is 3.96. The van der Waals surface area contributed by atoms with Crippen molar-refractivity contribution in [2.24, 2.45) is 0 Å². The summed E-state index contributed by atoms with van der Waals surface area (Å²) in [5.41, 5.74) is 3.58. The lowest BCUT2D eigenvalue weighted by atomic mass is 10.2. The summed E-state index contributed by atoms with van der Waals surface area (Å²) in [5, 5.41) is 13.1. The number of halogens is 1. The summed E-state index contributed by atoms with van der Waals surface area (Å²) < 4.78 is 2.04. The van der Waals surface area contributed by atoms with Crippen molar-refractivity contribution in [3.63, 3.8) is 0 Å². The van der Waals surface area contributed by atoms with Crippen LogP contribution in [0.1, 0.15) is 5.56 Å². The van der Waals surface area contributed by atoms with Gasteiger partial charge in [-0.3, -0.25) is 9.36 Å². The molecule has 0 aliphatic rings. The zero-order valence-corrected chi connectivity index (χ0v) is 16.7. The summed E-state index contributed by atoms with van der Waals surface area (Å²) in [7, 11) is 0. The number of carbonyl (C=O) groups is 1. The standard InChI is InChI=1S/C22H15ClN4OS/c23-16-11-10-15(13-24)19(12-16)25-21(28)14-29-22-26-18-8-4-5-9-20(18)27(22)17-6-2-1-3-7-17/h1-12H,14H2,(H,25,28). The van der Waals surface area contributed by atoms with E-state index in [1.807, 2.05) is 59.2 Å². The van der Waals surface area contributed by atoms with Gasteiger partial charge in [0.1, 0.15) is 6.07 Å². The van der Waals surface area contributed by atoms with E-state index >= 15 is 0 Å².